The molecule has 0 spiro atoms. The van der Waals surface area contributed by atoms with Crippen molar-refractivity contribution < 1.29 is 0 Å². The Balaban J connectivity index is 1.30. The molecule has 0 amide bonds. The second-order valence-electron chi connectivity index (χ2n) is 10.7. The van der Waals surface area contributed by atoms with Crippen molar-refractivity contribution in [2.75, 3.05) is 0 Å². The number of aromatic nitrogens is 6. The molecule has 0 fully saturated rings. The van der Waals surface area contributed by atoms with E-state index in [9.17, 15) is 0 Å². The lowest BCUT2D eigenvalue weighted by molar-refractivity contribution is 0.915. The van der Waals surface area contributed by atoms with Gasteiger partial charge in [-0.2, -0.15) is 5.10 Å². The van der Waals surface area contributed by atoms with Crippen LogP contribution in [0.15, 0.2) is 158 Å². The van der Waals surface area contributed by atoms with Crippen molar-refractivity contribution in [1.29, 1.82) is 0 Å². The lowest BCUT2D eigenvalue weighted by Crippen LogP contribution is -2.00. The van der Waals surface area contributed by atoms with Crippen LogP contribution in [-0.4, -0.2) is 29.7 Å². The van der Waals surface area contributed by atoms with Gasteiger partial charge in [0.2, 0.25) is 0 Å². The minimum absolute atomic E-state index is 0.592. The highest BCUT2D eigenvalue weighted by Gasteiger charge is 2.17. The number of hydrogen-bond acceptors (Lipinski definition) is 5. The van der Waals surface area contributed by atoms with Crippen molar-refractivity contribution in [2.24, 2.45) is 0 Å². The van der Waals surface area contributed by atoms with Gasteiger partial charge in [-0.25, -0.2) is 19.6 Å². The van der Waals surface area contributed by atoms with Gasteiger partial charge in [0.25, 0.3) is 0 Å². The second kappa shape index (κ2) is 11.4. The van der Waals surface area contributed by atoms with Crippen LogP contribution in [0, 0.1) is 0 Å². The van der Waals surface area contributed by atoms with Gasteiger partial charge in [-0.3, -0.25) is 4.98 Å². The SMILES string of the molecule is c1ccc(-c2ccc3c(c2)c(-c2cccc(-c4nc(-c5ccccc5)nc(-c5ccncc5)n4)c2)nn3-c2ccccc2)cc1. The lowest BCUT2D eigenvalue weighted by Gasteiger charge is -2.09. The summed E-state index contributed by atoms with van der Waals surface area (Å²) in [6, 6.07) is 49.3. The minimum atomic E-state index is 0.592. The monoisotopic (exact) mass is 578 g/mol. The second-order valence-corrected chi connectivity index (χ2v) is 10.7. The van der Waals surface area contributed by atoms with Crippen molar-refractivity contribution in [1.82, 2.24) is 29.7 Å². The molecule has 8 rings (SSSR count). The van der Waals surface area contributed by atoms with E-state index in [1.54, 1.807) is 12.4 Å². The maximum absolute atomic E-state index is 5.19. The first-order valence-electron chi connectivity index (χ1n) is 14.8. The quantitative estimate of drug-likeness (QED) is 0.197. The van der Waals surface area contributed by atoms with E-state index >= 15 is 0 Å². The first-order chi connectivity index (χ1) is 22.3. The Labute approximate surface area is 260 Å². The van der Waals surface area contributed by atoms with Gasteiger partial charge >= 0.3 is 0 Å². The molecule has 3 heterocycles. The number of nitrogens with zero attached hydrogens (tertiary/aromatic N) is 6. The predicted octanol–water partition coefficient (Wildman–Crippen LogP) is 8.94. The van der Waals surface area contributed by atoms with Crippen LogP contribution >= 0.6 is 0 Å². The van der Waals surface area contributed by atoms with E-state index in [-0.39, 0.29) is 0 Å². The molecule has 0 bridgehead atoms. The maximum atomic E-state index is 5.19. The average Bonchev–Trinajstić information content (AvgIpc) is 3.52. The van der Waals surface area contributed by atoms with Crippen molar-refractivity contribution in [3.05, 3.63) is 158 Å². The molecule has 0 unspecified atom stereocenters. The van der Waals surface area contributed by atoms with Crippen molar-refractivity contribution in [3.63, 3.8) is 0 Å². The molecule has 6 nitrogen and oxygen atoms in total. The third kappa shape index (κ3) is 5.15. The summed E-state index contributed by atoms with van der Waals surface area (Å²) in [5.74, 6) is 1.80. The highest BCUT2D eigenvalue weighted by atomic mass is 15.3. The van der Waals surface area contributed by atoms with Crippen molar-refractivity contribution in [2.45, 2.75) is 0 Å². The molecule has 0 aliphatic rings. The zero-order valence-corrected chi connectivity index (χ0v) is 24.2. The molecular weight excluding hydrogens is 552 g/mol. The van der Waals surface area contributed by atoms with Crippen LogP contribution in [0.2, 0.25) is 0 Å². The van der Waals surface area contributed by atoms with Crippen LogP contribution < -0.4 is 0 Å². The Bertz CT molecular complexity index is 2190. The molecule has 0 aliphatic carbocycles. The molecule has 0 saturated carbocycles. The van der Waals surface area contributed by atoms with Gasteiger partial charge in [-0.1, -0.05) is 103 Å². The normalized spacial score (nSPS) is 11.1. The molecule has 0 atom stereocenters. The first-order valence-corrected chi connectivity index (χ1v) is 14.8. The van der Waals surface area contributed by atoms with Gasteiger partial charge in [-0.05, 0) is 53.6 Å². The summed E-state index contributed by atoms with van der Waals surface area (Å²) >= 11 is 0. The molecule has 6 heteroatoms. The molecule has 0 saturated heterocycles. The van der Waals surface area contributed by atoms with Gasteiger partial charge in [0.1, 0.15) is 5.69 Å². The van der Waals surface area contributed by atoms with Crippen molar-refractivity contribution >= 4 is 10.9 Å². The Morgan fingerprint density at radius 3 is 1.64 bits per heavy atom. The predicted molar refractivity (Wildman–Crippen MR) is 179 cm³/mol. The van der Waals surface area contributed by atoms with Crippen molar-refractivity contribution in [3.8, 4) is 62.2 Å². The highest BCUT2D eigenvalue weighted by molar-refractivity contribution is 5.97. The fourth-order valence-electron chi connectivity index (χ4n) is 5.56. The van der Waals surface area contributed by atoms with Gasteiger partial charge in [-0.15, -0.1) is 0 Å². The smallest absolute Gasteiger partial charge is 0.164 e. The summed E-state index contributed by atoms with van der Waals surface area (Å²) in [6.07, 6.45) is 3.50. The standard InChI is InChI=1S/C39H26N6/c1-4-11-27(12-5-1)30-19-20-35-34(26-30)36(44-45(35)33-17-8-3-9-18-33)31-15-10-16-32(25-31)39-42-37(28-13-6-2-7-14-28)41-38(43-39)29-21-23-40-24-22-29/h1-26H. The fraction of sp³-hybridized carbons (Fsp3) is 0. The summed E-state index contributed by atoms with van der Waals surface area (Å²) in [7, 11) is 0. The van der Waals surface area contributed by atoms with Gasteiger partial charge in [0.15, 0.2) is 17.5 Å². The molecule has 212 valence electrons. The fourth-order valence-corrected chi connectivity index (χ4v) is 5.56. The molecule has 8 aromatic rings. The number of fused-ring (bicyclic) bond motifs is 1. The third-order valence-electron chi connectivity index (χ3n) is 7.79. The van der Waals surface area contributed by atoms with E-state index in [2.05, 4.69) is 71.7 Å². The van der Waals surface area contributed by atoms with E-state index in [1.807, 2.05) is 83.5 Å². The lowest BCUT2D eigenvalue weighted by atomic mass is 10.00. The third-order valence-corrected chi connectivity index (χ3v) is 7.79. The number of pyridine rings is 1. The van der Waals surface area contributed by atoms with E-state index in [0.717, 1.165) is 55.7 Å². The first kappa shape index (κ1) is 26.4. The van der Waals surface area contributed by atoms with Crippen LogP contribution in [-0.2, 0) is 0 Å². The average molecular weight is 579 g/mol. The molecule has 45 heavy (non-hydrogen) atoms. The zero-order chi connectivity index (χ0) is 30.0. The minimum Gasteiger partial charge on any atom is -0.265 e. The highest BCUT2D eigenvalue weighted by Crippen LogP contribution is 2.35. The Morgan fingerprint density at radius 2 is 0.956 bits per heavy atom. The van der Waals surface area contributed by atoms with Crippen LogP contribution in [0.4, 0.5) is 0 Å². The summed E-state index contributed by atoms with van der Waals surface area (Å²) < 4.78 is 2.02. The van der Waals surface area contributed by atoms with E-state index in [0.29, 0.717) is 17.5 Å². The molecule has 0 aliphatic heterocycles. The molecule has 5 aromatic carbocycles. The Morgan fingerprint density at radius 1 is 0.400 bits per heavy atom. The Kier molecular flexibility index (Phi) is 6.70. The van der Waals surface area contributed by atoms with Gasteiger partial charge in [0.05, 0.1) is 11.2 Å². The summed E-state index contributed by atoms with van der Waals surface area (Å²) in [4.78, 5) is 18.9. The maximum Gasteiger partial charge on any atom is 0.164 e. The largest absolute Gasteiger partial charge is 0.265 e. The van der Waals surface area contributed by atoms with Crippen LogP contribution in [0.5, 0.6) is 0 Å². The number of rotatable bonds is 6. The van der Waals surface area contributed by atoms with Crippen LogP contribution in [0.25, 0.3) is 73.1 Å². The van der Waals surface area contributed by atoms with E-state index in [4.69, 9.17) is 20.1 Å². The molecule has 3 aromatic heterocycles. The van der Waals surface area contributed by atoms with Crippen LogP contribution in [0.1, 0.15) is 0 Å². The number of hydrogen-bond donors (Lipinski definition) is 0. The van der Waals surface area contributed by atoms with E-state index < -0.39 is 0 Å². The molecular formula is C39H26N6. The van der Waals surface area contributed by atoms with E-state index in [1.165, 1.54) is 0 Å². The number of para-hydroxylation sites is 1. The van der Waals surface area contributed by atoms with Crippen LogP contribution in [0.3, 0.4) is 0 Å². The molecule has 0 radical (unpaired) electrons. The summed E-state index contributed by atoms with van der Waals surface area (Å²) in [5.41, 5.74) is 8.89. The Hall–Kier alpha value is -6.27. The van der Waals surface area contributed by atoms with Gasteiger partial charge in [0, 0.05) is 40.0 Å². The molecule has 0 N–H and O–H groups in total. The zero-order valence-electron chi connectivity index (χ0n) is 24.2. The number of benzene rings is 5. The topological polar surface area (TPSA) is 69.4 Å². The summed E-state index contributed by atoms with van der Waals surface area (Å²) in [5, 5.41) is 6.25. The van der Waals surface area contributed by atoms with Gasteiger partial charge < -0.3 is 0 Å². The summed E-state index contributed by atoms with van der Waals surface area (Å²) in [6.45, 7) is 0.